The maximum Gasteiger partial charge on any atom is 0.262 e. The summed E-state index contributed by atoms with van der Waals surface area (Å²) in [4.78, 5) is 22.9. The molecule has 24 heavy (non-hydrogen) atoms. The average molecular weight is 376 g/mol. The molecule has 2 N–H and O–H groups in total. The highest BCUT2D eigenvalue weighted by molar-refractivity contribution is 7.89. The summed E-state index contributed by atoms with van der Waals surface area (Å²) in [6.07, 6.45) is 0. The van der Waals surface area contributed by atoms with Crippen LogP contribution in [0.4, 0.5) is 5.69 Å². The number of rotatable bonds is 6. The van der Waals surface area contributed by atoms with Gasteiger partial charge in [-0.15, -0.1) is 0 Å². The van der Waals surface area contributed by atoms with Crippen LogP contribution >= 0.6 is 11.6 Å². The standard InChI is InChI=1S/C14H18ClN3O5S/c1-3-16-13(19)7-18(4-2)24(21,22)12-6-11-10(5-9(12)15)17-14(20)8-23-11/h5-6H,3-4,7-8H2,1-2H3,(H,16,19)(H,17,20). The highest BCUT2D eigenvalue weighted by atomic mass is 35.5. The van der Waals surface area contributed by atoms with Crippen molar-refractivity contribution in [2.75, 3.05) is 31.6 Å². The Bertz CT molecular complexity index is 766. The highest BCUT2D eigenvalue weighted by Gasteiger charge is 2.30. The van der Waals surface area contributed by atoms with Gasteiger partial charge in [0, 0.05) is 19.2 Å². The first-order valence-corrected chi connectivity index (χ1v) is 9.14. The SMILES string of the molecule is CCNC(=O)CN(CC)S(=O)(=O)c1cc2c(cc1Cl)NC(=O)CO2. The van der Waals surface area contributed by atoms with E-state index in [1.807, 2.05) is 0 Å². The van der Waals surface area contributed by atoms with Crippen molar-refractivity contribution in [1.82, 2.24) is 9.62 Å². The van der Waals surface area contributed by atoms with Crippen molar-refractivity contribution in [2.45, 2.75) is 18.7 Å². The van der Waals surface area contributed by atoms with E-state index in [9.17, 15) is 18.0 Å². The van der Waals surface area contributed by atoms with Crippen LogP contribution in [-0.2, 0) is 19.6 Å². The van der Waals surface area contributed by atoms with Crippen LogP contribution in [-0.4, -0.2) is 50.8 Å². The molecule has 0 radical (unpaired) electrons. The average Bonchev–Trinajstić information content (AvgIpc) is 2.51. The Morgan fingerprint density at radius 1 is 1.42 bits per heavy atom. The minimum absolute atomic E-state index is 0.0612. The quantitative estimate of drug-likeness (QED) is 0.765. The molecule has 0 atom stereocenters. The van der Waals surface area contributed by atoms with E-state index in [2.05, 4.69) is 10.6 Å². The molecule has 2 amide bonds. The molecule has 0 fully saturated rings. The molecule has 0 aromatic heterocycles. The number of sulfonamides is 1. The summed E-state index contributed by atoms with van der Waals surface area (Å²) in [5.41, 5.74) is 0.307. The number of nitrogens with one attached hydrogen (secondary N) is 2. The lowest BCUT2D eigenvalue weighted by atomic mass is 10.2. The Labute approximate surface area is 145 Å². The zero-order valence-corrected chi connectivity index (χ0v) is 14.8. The van der Waals surface area contributed by atoms with E-state index in [1.54, 1.807) is 13.8 Å². The molecule has 0 saturated heterocycles. The highest BCUT2D eigenvalue weighted by Crippen LogP contribution is 2.36. The second-order valence-corrected chi connectivity index (χ2v) is 7.31. The van der Waals surface area contributed by atoms with Crippen LogP contribution in [0.1, 0.15) is 13.8 Å². The number of hydrogen-bond donors (Lipinski definition) is 2. The molecule has 2 rings (SSSR count). The largest absolute Gasteiger partial charge is 0.482 e. The molecule has 8 nitrogen and oxygen atoms in total. The molecule has 0 aliphatic carbocycles. The van der Waals surface area contributed by atoms with Gasteiger partial charge in [0.15, 0.2) is 6.61 Å². The van der Waals surface area contributed by atoms with Crippen molar-refractivity contribution in [1.29, 1.82) is 0 Å². The van der Waals surface area contributed by atoms with Gasteiger partial charge in [0.25, 0.3) is 5.91 Å². The first-order chi connectivity index (χ1) is 11.3. The van der Waals surface area contributed by atoms with Gasteiger partial charge in [-0.1, -0.05) is 18.5 Å². The molecule has 1 heterocycles. The Hall–Kier alpha value is -1.84. The van der Waals surface area contributed by atoms with Gasteiger partial charge in [-0.25, -0.2) is 8.42 Å². The maximum atomic E-state index is 12.8. The predicted octanol–water partition coefficient (Wildman–Crippen LogP) is 0.818. The van der Waals surface area contributed by atoms with Crippen LogP contribution in [0.5, 0.6) is 5.75 Å². The van der Waals surface area contributed by atoms with Crippen molar-refractivity contribution < 1.29 is 22.7 Å². The number of halogens is 1. The Balaban J connectivity index is 2.37. The molecule has 132 valence electrons. The van der Waals surface area contributed by atoms with E-state index in [4.69, 9.17) is 16.3 Å². The summed E-state index contributed by atoms with van der Waals surface area (Å²) < 4.78 is 31.8. The Kier molecular flexibility index (Phi) is 5.68. The Morgan fingerprint density at radius 2 is 2.12 bits per heavy atom. The smallest absolute Gasteiger partial charge is 0.262 e. The molecule has 1 aromatic rings. The summed E-state index contributed by atoms with van der Waals surface area (Å²) in [6, 6.07) is 2.58. The maximum absolute atomic E-state index is 12.8. The van der Waals surface area contributed by atoms with Crippen LogP contribution in [0.15, 0.2) is 17.0 Å². The number of amides is 2. The van der Waals surface area contributed by atoms with Gasteiger partial charge in [-0.3, -0.25) is 9.59 Å². The van der Waals surface area contributed by atoms with Gasteiger partial charge >= 0.3 is 0 Å². The first-order valence-electron chi connectivity index (χ1n) is 7.32. The van der Waals surface area contributed by atoms with Crippen LogP contribution in [0.2, 0.25) is 5.02 Å². The van der Waals surface area contributed by atoms with Gasteiger partial charge in [-0.2, -0.15) is 4.31 Å². The number of ether oxygens (including phenoxy) is 1. The number of nitrogens with zero attached hydrogens (tertiary/aromatic N) is 1. The van der Waals surface area contributed by atoms with Crippen LogP contribution in [0.25, 0.3) is 0 Å². The number of anilines is 1. The lowest BCUT2D eigenvalue weighted by Crippen LogP contribution is -2.40. The Morgan fingerprint density at radius 3 is 2.75 bits per heavy atom. The third kappa shape index (κ3) is 3.80. The summed E-state index contributed by atoms with van der Waals surface area (Å²) in [5, 5.41) is 5.04. The lowest BCUT2D eigenvalue weighted by Gasteiger charge is -2.23. The normalized spacial score (nSPS) is 13.9. The van der Waals surface area contributed by atoms with E-state index in [-0.39, 0.29) is 41.3 Å². The molecule has 10 heteroatoms. The van der Waals surface area contributed by atoms with Crippen molar-refractivity contribution in [3.05, 3.63) is 17.2 Å². The molecule has 0 unspecified atom stereocenters. The zero-order chi connectivity index (χ0) is 17.9. The van der Waals surface area contributed by atoms with Crippen LogP contribution in [0, 0.1) is 0 Å². The second kappa shape index (κ2) is 7.37. The van der Waals surface area contributed by atoms with Gasteiger partial charge in [0.2, 0.25) is 15.9 Å². The molecule has 1 aromatic carbocycles. The monoisotopic (exact) mass is 375 g/mol. The minimum Gasteiger partial charge on any atom is -0.482 e. The molecule has 0 spiro atoms. The van der Waals surface area contributed by atoms with Crippen molar-refractivity contribution >= 4 is 39.1 Å². The molecule has 1 aliphatic rings. The van der Waals surface area contributed by atoms with Gasteiger partial charge in [-0.05, 0) is 13.0 Å². The number of likely N-dealkylation sites (N-methyl/N-ethyl adjacent to an activating group) is 2. The summed E-state index contributed by atoms with van der Waals surface area (Å²) in [5.74, 6) is -0.534. The number of carbonyl (C=O) groups excluding carboxylic acids is 2. The number of hydrogen-bond acceptors (Lipinski definition) is 5. The molecule has 0 bridgehead atoms. The van der Waals surface area contributed by atoms with E-state index in [1.165, 1.54) is 12.1 Å². The van der Waals surface area contributed by atoms with Gasteiger partial charge in [0.1, 0.15) is 10.6 Å². The number of fused-ring (bicyclic) bond motifs is 1. The second-order valence-electron chi connectivity index (χ2n) is 5.00. The summed E-state index contributed by atoms with van der Waals surface area (Å²) >= 11 is 6.08. The van der Waals surface area contributed by atoms with Crippen LogP contribution < -0.4 is 15.4 Å². The van der Waals surface area contributed by atoms with E-state index < -0.39 is 15.9 Å². The summed E-state index contributed by atoms with van der Waals surface area (Å²) in [6.45, 7) is 3.37. The van der Waals surface area contributed by atoms with E-state index in [0.29, 0.717) is 12.2 Å². The topological polar surface area (TPSA) is 105 Å². The molecular formula is C14H18ClN3O5S. The predicted molar refractivity (Wildman–Crippen MR) is 88.7 cm³/mol. The molecule has 1 aliphatic heterocycles. The minimum atomic E-state index is -3.99. The van der Waals surface area contributed by atoms with E-state index >= 15 is 0 Å². The van der Waals surface area contributed by atoms with Crippen molar-refractivity contribution in [3.63, 3.8) is 0 Å². The fraction of sp³-hybridized carbons (Fsp3) is 0.429. The lowest BCUT2D eigenvalue weighted by molar-refractivity contribution is -0.121. The molecule has 0 saturated carbocycles. The zero-order valence-electron chi connectivity index (χ0n) is 13.3. The fourth-order valence-electron chi connectivity index (χ4n) is 2.20. The number of benzene rings is 1. The third-order valence-electron chi connectivity index (χ3n) is 3.33. The summed E-state index contributed by atoms with van der Waals surface area (Å²) in [7, 11) is -3.99. The van der Waals surface area contributed by atoms with Crippen LogP contribution in [0.3, 0.4) is 0 Å². The van der Waals surface area contributed by atoms with Crippen molar-refractivity contribution in [2.24, 2.45) is 0 Å². The third-order valence-corrected chi connectivity index (χ3v) is 5.72. The number of carbonyl (C=O) groups is 2. The molecular weight excluding hydrogens is 358 g/mol. The van der Waals surface area contributed by atoms with Gasteiger partial charge in [0.05, 0.1) is 17.3 Å². The first kappa shape index (κ1) is 18.5. The van der Waals surface area contributed by atoms with Gasteiger partial charge < -0.3 is 15.4 Å². The fourth-order valence-corrected chi connectivity index (χ4v) is 4.12. The van der Waals surface area contributed by atoms with Crippen molar-refractivity contribution in [3.8, 4) is 5.75 Å². The van der Waals surface area contributed by atoms with E-state index in [0.717, 1.165) is 4.31 Å².